The Hall–Kier alpha value is -2.95. The van der Waals surface area contributed by atoms with Crippen LogP contribution in [0.2, 0.25) is 0 Å². The minimum absolute atomic E-state index is 0.158. The molecule has 0 spiro atoms. The van der Waals surface area contributed by atoms with Crippen LogP contribution in [-0.2, 0) is 6.42 Å². The third-order valence-corrected chi connectivity index (χ3v) is 3.69. The Balaban J connectivity index is 1.97. The van der Waals surface area contributed by atoms with Gasteiger partial charge >= 0.3 is 5.97 Å². The third kappa shape index (κ3) is 3.20. The molecule has 0 radical (unpaired) electrons. The molecule has 0 atom stereocenters. The molecule has 0 aliphatic carbocycles. The number of benzene rings is 2. The lowest BCUT2D eigenvalue weighted by atomic mass is 10.2. The summed E-state index contributed by atoms with van der Waals surface area (Å²) >= 11 is 0. The third-order valence-electron chi connectivity index (χ3n) is 3.69. The molecule has 24 heavy (non-hydrogen) atoms. The van der Waals surface area contributed by atoms with Gasteiger partial charge in [-0.25, -0.2) is 13.9 Å². The summed E-state index contributed by atoms with van der Waals surface area (Å²) in [5.41, 5.74) is 2.80. The first kappa shape index (κ1) is 15.9. The normalized spacial score (nSPS) is 10.6. The van der Waals surface area contributed by atoms with Gasteiger partial charge in [0.2, 0.25) is 5.88 Å². The van der Waals surface area contributed by atoms with Crippen LogP contribution in [0, 0.1) is 12.7 Å². The van der Waals surface area contributed by atoms with Crippen molar-refractivity contribution in [2.75, 3.05) is 0 Å². The molecule has 1 heterocycles. The van der Waals surface area contributed by atoms with E-state index in [0.29, 0.717) is 12.3 Å². The number of para-hydroxylation sites is 1. The van der Waals surface area contributed by atoms with Crippen LogP contribution in [0.5, 0.6) is 5.88 Å². The van der Waals surface area contributed by atoms with Gasteiger partial charge in [-0.3, -0.25) is 0 Å². The number of carbonyl (C=O) groups excluding carboxylic acids is 1. The van der Waals surface area contributed by atoms with Gasteiger partial charge in [-0.1, -0.05) is 31.2 Å². The number of aromatic nitrogens is 2. The Kier molecular flexibility index (Phi) is 4.42. The van der Waals surface area contributed by atoms with E-state index in [9.17, 15) is 9.18 Å². The highest BCUT2D eigenvalue weighted by molar-refractivity contribution is 5.90. The molecule has 122 valence electrons. The molecule has 1 aromatic heterocycles. The van der Waals surface area contributed by atoms with Crippen molar-refractivity contribution >= 4 is 5.97 Å². The fourth-order valence-corrected chi connectivity index (χ4v) is 2.40. The number of aryl methyl sites for hydroxylation is 2. The molecule has 0 saturated carbocycles. The molecule has 4 nitrogen and oxygen atoms in total. The van der Waals surface area contributed by atoms with Crippen LogP contribution in [0.1, 0.15) is 28.5 Å². The molecular formula is C19H17FN2O2. The molecule has 0 aliphatic rings. The van der Waals surface area contributed by atoms with Gasteiger partial charge in [-0.2, -0.15) is 5.10 Å². The zero-order chi connectivity index (χ0) is 17.1. The SMILES string of the molecule is CCc1cc(OC(=O)c2cccc(F)c2)n(-c2ccccc2C)n1. The molecule has 0 amide bonds. The first-order valence-corrected chi connectivity index (χ1v) is 7.71. The highest BCUT2D eigenvalue weighted by atomic mass is 19.1. The van der Waals surface area contributed by atoms with Gasteiger partial charge in [-0.15, -0.1) is 0 Å². The highest BCUT2D eigenvalue weighted by Crippen LogP contribution is 2.23. The first-order valence-electron chi connectivity index (χ1n) is 7.71. The van der Waals surface area contributed by atoms with E-state index in [1.807, 2.05) is 38.1 Å². The van der Waals surface area contributed by atoms with E-state index in [1.54, 1.807) is 10.7 Å². The van der Waals surface area contributed by atoms with Crippen molar-refractivity contribution in [2.45, 2.75) is 20.3 Å². The molecule has 0 aliphatic heterocycles. The second-order valence-corrected chi connectivity index (χ2v) is 5.43. The lowest BCUT2D eigenvalue weighted by Crippen LogP contribution is -2.12. The van der Waals surface area contributed by atoms with Crippen molar-refractivity contribution in [1.82, 2.24) is 9.78 Å². The number of nitrogens with zero attached hydrogens (tertiary/aromatic N) is 2. The van der Waals surface area contributed by atoms with Gasteiger partial charge < -0.3 is 4.74 Å². The number of rotatable bonds is 4. The van der Waals surface area contributed by atoms with Crippen LogP contribution in [0.15, 0.2) is 54.6 Å². The van der Waals surface area contributed by atoms with Gasteiger partial charge in [0.1, 0.15) is 5.82 Å². The van der Waals surface area contributed by atoms with Crippen molar-refractivity contribution in [2.24, 2.45) is 0 Å². The number of halogens is 1. The maximum Gasteiger partial charge on any atom is 0.344 e. The van der Waals surface area contributed by atoms with Crippen molar-refractivity contribution < 1.29 is 13.9 Å². The molecule has 0 saturated heterocycles. The zero-order valence-corrected chi connectivity index (χ0v) is 13.5. The molecular weight excluding hydrogens is 307 g/mol. The molecule has 0 bridgehead atoms. The Morgan fingerprint density at radius 2 is 1.96 bits per heavy atom. The second-order valence-electron chi connectivity index (χ2n) is 5.43. The molecule has 0 N–H and O–H groups in total. The molecule has 3 rings (SSSR count). The van der Waals surface area contributed by atoms with Crippen molar-refractivity contribution in [3.63, 3.8) is 0 Å². The first-order chi connectivity index (χ1) is 11.6. The summed E-state index contributed by atoms with van der Waals surface area (Å²) in [5, 5.41) is 4.49. The number of carbonyl (C=O) groups is 1. The van der Waals surface area contributed by atoms with Gasteiger partial charge in [0.25, 0.3) is 0 Å². The average Bonchev–Trinajstić information content (AvgIpc) is 2.98. The smallest absolute Gasteiger partial charge is 0.344 e. The lowest BCUT2D eigenvalue weighted by Gasteiger charge is -2.10. The van der Waals surface area contributed by atoms with Crippen molar-refractivity contribution in [3.8, 4) is 11.6 Å². The summed E-state index contributed by atoms with van der Waals surface area (Å²) < 4.78 is 20.4. The van der Waals surface area contributed by atoms with E-state index >= 15 is 0 Å². The summed E-state index contributed by atoms with van der Waals surface area (Å²) in [7, 11) is 0. The van der Waals surface area contributed by atoms with E-state index in [4.69, 9.17) is 4.74 Å². The minimum Gasteiger partial charge on any atom is -0.404 e. The fourth-order valence-electron chi connectivity index (χ4n) is 2.40. The number of ether oxygens (including phenoxy) is 1. The lowest BCUT2D eigenvalue weighted by molar-refractivity contribution is 0.0722. The Bertz CT molecular complexity index is 887. The van der Waals surface area contributed by atoms with E-state index in [-0.39, 0.29) is 5.56 Å². The largest absolute Gasteiger partial charge is 0.404 e. The van der Waals surface area contributed by atoms with E-state index in [0.717, 1.165) is 23.0 Å². The second kappa shape index (κ2) is 6.66. The standard InChI is InChI=1S/C19H17FN2O2/c1-3-16-12-18(22(21-16)17-10-5-4-7-13(17)2)24-19(23)14-8-6-9-15(20)11-14/h4-12H,3H2,1-2H3. The number of hydrogen-bond acceptors (Lipinski definition) is 3. The summed E-state index contributed by atoms with van der Waals surface area (Å²) in [5.74, 6) is -0.784. The zero-order valence-electron chi connectivity index (χ0n) is 13.5. The topological polar surface area (TPSA) is 44.1 Å². The molecule has 5 heteroatoms. The monoisotopic (exact) mass is 324 g/mol. The van der Waals surface area contributed by atoms with Crippen LogP contribution < -0.4 is 4.74 Å². The van der Waals surface area contributed by atoms with Crippen molar-refractivity contribution in [1.29, 1.82) is 0 Å². The molecule has 3 aromatic rings. The average molecular weight is 324 g/mol. The van der Waals surface area contributed by atoms with E-state index in [1.165, 1.54) is 18.2 Å². The van der Waals surface area contributed by atoms with Crippen LogP contribution in [-0.4, -0.2) is 15.7 Å². The highest BCUT2D eigenvalue weighted by Gasteiger charge is 2.16. The van der Waals surface area contributed by atoms with E-state index < -0.39 is 11.8 Å². The maximum atomic E-state index is 13.3. The van der Waals surface area contributed by atoms with Crippen LogP contribution in [0.3, 0.4) is 0 Å². The maximum absolute atomic E-state index is 13.3. The van der Waals surface area contributed by atoms with Crippen LogP contribution in [0.4, 0.5) is 4.39 Å². The quantitative estimate of drug-likeness (QED) is 0.679. The Morgan fingerprint density at radius 3 is 2.67 bits per heavy atom. The van der Waals surface area contributed by atoms with Crippen molar-refractivity contribution in [3.05, 3.63) is 77.2 Å². The predicted octanol–water partition coefficient (Wildman–Crippen LogP) is 4.10. The van der Waals surface area contributed by atoms with Gasteiger partial charge in [-0.05, 0) is 43.2 Å². The number of hydrogen-bond donors (Lipinski definition) is 0. The minimum atomic E-state index is -0.619. The molecule has 2 aromatic carbocycles. The van der Waals surface area contributed by atoms with E-state index in [2.05, 4.69) is 5.10 Å². The summed E-state index contributed by atoms with van der Waals surface area (Å²) in [6.07, 6.45) is 0.712. The summed E-state index contributed by atoms with van der Waals surface area (Å²) in [6, 6.07) is 14.8. The Morgan fingerprint density at radius 1 is 1.17 bits per heavy atom. The van der Waals surface area contributed by atoms with Gasteiger partial charge in [0, 0.05) is 6.07 Å². The van der Waals surface area contributed by atoms with Crippen LogP contribution >= 0.6 is 0 Å². The Labute approximate surface area is 139 Å². The summed E-state index contributed by atoms with van der Waals surface area (Å²) in [4.78, 5) is 12.3. The van der Waals surface area contributed by atoms with Gasteiger partial charge in [0.15, 0.2) is 0 Å². The van der Waals surface area contributed by atoms with Gasteiger partial charge in [0.05, 0.1) is 16.9 Å². The molecule has 0 unspecified atom stereocenters. The van der Waals surface area contributed by atoms with Crippen LogP contribution in [0.25, 0.3) is 5.69 Å². The number of esters is 1. The summed E-state index contributed by atoms with van der Waals surface area (Å²) in [6.45, 7) is 3.93. The predicted molar refractivity (Wildman–Crippen MR) is 89.0 cm³/mol. The molecule has 0 fully saturated rings. The fraction of sp³-hybridized carbons (Fsp3) is 0.158.